The summed E-state index contributed by atoms with van der Waals surface area (Å²) >= 11 is 5.19. The van der Waals surface area contributed by atoms with E-state index in [4.69, 9.17) is 5.11 Å². The van der Waals surface area contributed by atoms with Gasteiger partial charge in [0.05, 0.1) is 3.79 Å². The first-order chi connectivity index (χ1) is 6.99. The summed E-state index contributed by atoms with van der Waals surface area (Å²) in [6.45, 7) is 4.09. The molecule has 0 radical (unpaired) electrons. The van der Waals surface area contributed by atoms with Gasteiger partial charge in [-0.1, -0.05) is 6.92 Å². The monoisotopic (exact) mass is 290 g/mol. The van der Waals surface area contributed by atoms with E-state index < -0.39 is 5.97 Å². The van der Waals surface area contributed by atoms with Gasteiger partial charge in [-0.05, 0) is 53.2 Å². The molecule has 0 bridgehead atoms. The Hall–Kier alpha value is -0.350. The molecular weight excluding hydrogens is 276 g/mol. The zero-order valence-electron chi connectivity index (χ0n) is 8.92. The molecule has 0 aliphatic rings. The summed E-state index contributed by atoms with van der Waals surface area (Å²) in [6.07, 6.45) is 2.18. The van der Waals surface area contributed by atoms with Crippen molar-refractivity contribution in [3.8, 4) is 0 Å². The molecule has 1 unspecified atom stereocenters. The second-order valence-electron chi connectivity index (χ2n) is 3.87. The van der Waals surface area contributed by atoms with Gasteiger partial charge in [0.15, 0.2) is 0 Å². The lowest BCUT2D eigenvalue weighted by Crippen LogP contribution is -2.05. The molecular formula is C11H15BrO2S. The van der Waals surface area contributed by atoms with E-state index in [2.05, 4.69) is 28.9 Å². The van der Waals surface area contributed by atoms with Gasteiger partial charge in [0.1, 0.15) is 0 Å². The molecule has 4 heteroatoms. The fourth-order valence-electron chi connectivity index (χ4n) is 1.53. The van der Waals surface area contributed by atoms with Crippen molar-refractivity contribution in [3.05, 3.63) is 20.3 Å². The van der Waals surface area contributed by atoms with Gasteiger partial charge in [-0.3, -0.25) is 4.79 Å². The average Bonchev–Trinajstić information content (AvgIpc) is 2.40. The van der Waals surface area contributed by atoms with Crippen molar-refractivity contribution in [2.75, 3.05) is 0 Å². The van der Waals surface area contributed by atoms with E-state index in [1.807, 2.05) is 6.92 Å². The second-order valence-corrected chi connectivity index (χ2v) is 6.51. The van der Waals surface area contributed by atoms with Gasteiger partial charge in [0.2, 0.25) is 0 Å². The van der Waals surface area contributed by atoms with Crippen LogP contribution in [0.15, 0.2) is 9.85 Å². The molecule has 0 saturated carbocycles. The van der Waals surface area contributed by atoms with Crippen LogP contribution in [-0.2, 0) is 11.2 Å². The van der Waals surface area contributed by atoms with E-state index in [0.29, 0.717) is 0 Å². The zero-order valence-corrected chi connectivity index (χ0v) is 11.3. The highest BCUT2D eigenvalue weighted by Crippen LogP contribution is 2.28. The maximum Gasteiger partial charge on any atom is 0.303 e. The van der Waals surface area contributed by atoms with Crippen molar-refractivity contribution in [2.45, 2.75) is 33.1 Å². The topological polar surface area (TPSA) is 37.3 Å². The molecule has 15 heavy (non-hydrogen) atoms. The third-order valence-corrected chi connectivity index (χ3v) is 4.02. The van der Waals surface area contributed by atoms with Gasteiger partial charge in [0, 0.05) is 11.3 Å². The number of carboxylic acid groups (broad SMARTS) is 1. The van der Waals surface area contributed by atoms with Crippen LogP contribution in [0, 0.1) is 12.8 Å². The Bertz CT molecular complexity index is 346. The molecule has 1 aromatic rings. The molecule has 1 N–H and O–H groups in total. The van der Waals surface area contributed by atoms with Crippen LogP contribution in [0.1, 0.15) is 30.2 Å². The Balaban J connectivity index is 2.43. The number of aliphatic carboxylic acids is 1. The highest BCUT2D eigenvalue weighted by Gasteiger charge is 2.09. The molecule has 0 aliphatic heterocycles. The summed E-state index contributed by atoms with van der Waals surface area (Å²) in [5.41, 5.74) is 1.34. The first-order valence-corrected chi connectivity index (χ1v) is 6.56. The van der Waals surface area contributed by atoms with E-state index in [-0.39, 0.29) is 12.3 Å². The van der Waals surface area contributed by atoms with Crippen molar-refractivity contribution in [2.24, 2.45) is 5.92 Å². The van der Waals surface area contributed by atoms with Crippen molar-refractivity contribution in [1.29, 1.82) is 0 Å². The molecule has 0 spiro atoms. The molecule has 84 valence electrons. The SMILES string of the molecule is Cc1sc(Br)cc1CCC(C)CC(=O)O. The Morgan fingerprint density at radius 3 is 2.80 bits per heavy atom. The molecule has 1 rings (SSSR count). The van der Waals surface area contributed by atoms with Gasteiger partial charge >= 0.3 is 5.97 Å². The largest absolute Gasteiger partial charge is 0.481 e. The zero-order chi connectivity index (χ0) is 11.4. The van der Waals surface area contributed by atoms with Crippen molar-refractivity contribution >= 4 is 33.2 Å². The second kappa shape index (κ2) is 5.66. The van der Waals surface area contributed by atoms with Gasteiger partial charge < -0.3 is 5.11 Å². The first kappa shape index (κ1) is 12.7. The molecule has 2 nitrogen and oxygen atoms in total. The molecule has 0 saturated heterocycles. The molecule has 1 aromatic heterocycles. The predicted molar refractivity (Wildman–Crippen MR) is 66.5 cm³/mol. The number of carboxylic acids is 1. The number of rotatable bonds is 5. The summed E-state index contributed by atoms with van der Waals surface area (Å²) in [5, 5.41) is 8.63. The quantitative estimate of drug-likeness (QED) is 0.894. The molecule has 1 atom stereocenters. The third kappa shape index (κ3) is 4.34. The Labute approximate surface area is 102 Å². The van der Waals surface area contributed by atoms with Crippen LogP contribution >= 0.6 is 27.3 Å². The molecule has 0 aliphatic carbocycles. The molecule has 0 fully saturated rings. The minimum atomic E-state index is -0.703. The lowest BCUT2D eigenvalue weighted by Gasteiger charge is -2.07. The van der Waals surface area contributed by atoms with E-state index in [9.17, 15) is 4.79 Å². The van der Waals surface area contributed by atoms with E-state index in [1.165, 1.54) is 10.4 Å². The maximum absolute atomic E-state index is 10.5. The Morgan fingerprint density at radius 2 is 2.33 bits per heavy atom. The minimum Gasteiger partial charge on any atom is -0.481 e. The molecule has 1 heterocycles. The average molecular weight is 291 g/mol. The van der Waals surface area contributed by atoms with Gasteiger partial charge in [-0.15, -0.1) is 11.3 Å². The van der Waals surface area contributed by atoms with Crippen LogP contribution in [-0.4, -0.2) is 11.1 Å². The lowest BCUT2D eigenvalue weighted by atomic mass is 9.99. The summed E-state index contributed by atoms with van der Waals surface area (Å²) in [7, 11) is 0. The smallest absolute Gasteiger partial charge is 0.303 e. The molecule has 0 aromatic carbocycles. The van der Waals surface area contributed by atoms with Crippen LogP contribution in [0.2, 0.25) is 0 Å². The normalized spacial score (nSPS) is 12.7. The number of halogens is 1. The van der Waals surface area contributed by atoms with Crippen LogP contribution in [0.5, 0.6) is 0 Å². The van der Waals surface area contributed by atoms with Crippen molar-refractivity contribution in [3.63, 3.8) is 0 Å². The van der Waals surface area contributed by atoms with Gasteiger partial charge in [-0.2, -0.15) is 0 Å². The number of hydrogen-bond donors (Lipinski definition) is 1. The van der Waals surface area contributed by atoms with Crippen molar-refractivity contribution < 1.29 is 9.90 Å². The fraction of sp³-hybridized carbons (Fsp3) is 0.545. The first-order valence-electron chi connectivity index (χ1n) is 4.95. The van der Waals surface area contributed by atoms with Crippen molar-refractivity contribution in [1.82, 2.24) is 0 Å². The van der Waals surface area contributed by atoms with Gasteiger partial charge in [0.25, 0.3) is 0 Å². The van der Waals surface area contributed by atoms with E-state index in [1.54, 1.807) is 11.3 Å². The van der Waals surface area contributed by atoms with Crippen LogP contribution in [0.4, 0.5) is 0 Å². The predicted octanol–water partition coefficient (Wildman–Crippen LogP) is 3.86. The van der Waals surface area contributed by atoms with E-state index in [0.717, 1.165) is 16.6 Å². The highest BCUT2D eigenvalue weighted by molar-refractivity contribution is 9.11. The summed E-state index contributed by atoms with van der Waals surface area (Å²) in [4.78, 5) is 11.8. The Kier molecular flexibility index (Phi) is 4.80. The van der Waals surface area contributed by atoms with Crippen LogP contribution in [0.25, 0.3) is 0 Å². The third-order valence-electron chi connectivity index (χ3n) is 2.42. The Morgan fingerprint density at radius 1 is 1.67 bits per heavy atom. The van der Waals surface area contributed by atoms with Crippen LogP contribution < -0.4 is 0 Å². The number of aryl methyl sites for hydroxylation is 2. The number of carbonyl (C=O) groups is 1. The number of hydrogen-bond acceptors (Lipinski definition) is 2. The minimum absolute atomic E-state index is 0.251. The summed E-state index contributed by atoms with van der Waals surface area (Å²) in [6, 6.07) is 2.13. The summed E-state index contributed by atoms with van der Waals surface area (Å²) < 4.78 is 1.15. The summed E-state index contributed by atoms with van der Waals surface area (Å²) in [5.74, 6) is -0.453. The standard InChI is InChI=1S/C11H15BrO2S/c1-7(5-11(13)14)3-4-9-6-10(12)15-8(9)2/h6-7H,3-5H2,1-2H3,(H,13,14). The van der Waals surface area contributed by atoms with Gasteiger partial charge in [-0.25, -0.2) is 0 Å². The van der Waals surface area contributed by atoms with Crippen LogP contribution in [0.3, 0.4) is 0 Å². The molecule has 0 amide bonds. The highest BCUT2D eigenvalue weighted by atomic mass is 79.9. The maximum atomic E-state index is 10.5. The number of thiophene rings is 1. The lowest BCUT2D eigenvalue weighted by molar-refractivity contribution is -0.138. The van der Waals surface area contributed by atoms with E-state index >= 15 is 0 Å². The fourth-order valence-corrected chi connectivity index (χ4v) is 3.32.